The lowest BCUT2D eigenvalue weighted by Crippen LogP contribution is -2.13. The lowest BCUT2D eigenvalue weighted by molar-refractivity contribution is 0.103. The molecule has 2 heterocycles. The number of para-hydroxylation sites is 1. The Kier molecular flexibility index (Phi) is 3.93. The van der Waals surface area contributed by atoms with Gasteiger partial charge in [0.25, 0.3) is 10.0 Å². The van der Waals surface area contributed by atoms with Crippen LogP contribution in [-0.2, 0) is 10.0 Å². The third kappa shape index (κ3) is 2.48. The number of carbonyl (C=O) groups excluding carboxylic acids is 1. The van der Waals surface area contributed by atoms with Crippen molar-refractivity contribution in [2.24, 2.45) is 0 Å². The summed E-state index contributed by atoms with van der Waals surface area (Å²) in [4.78, 5) is 16.4. The average molecular weight is 338 g/mol. The predicted octanol–water partition coefficient (Wildman–Crippen LogP) is 3.19. The number of Topliss-reactive ketones (excluding diaryl/α,β-unsaturated/α-hetero) is 1. The minimum absolute atomic E-state index is 0.0827. The normalized spacial score (nSPS) is 11.2. The first kappa shape index (κ1) is 15.9. The highest BCUT2D eigenvalue weighted by molar-refractivity contribution is 7.90. The Morgan fingerprint density at radius 2 is 1.88 bits per heavy atom. The molecule has 0 unspecified atom stereocenters. The Morgan fingerprint density at radius 3 is 2.54 bits per heavy atom. The zero-order valence-electron chi connectivity index (χ0n) is 12.9. The summed E-state index contributed by atoms with van der Waals surface area (Å²) < 4.78 is 26.8. The van der Waals surface area contributed by atoms with Gasteiger partial charge in [-0.2, -0.15) is 8.42 Å². The number of carbonyl (C=O) groups is 1. The summed E-state index contributed by atoms with van der Waals surface area (Å²) in [5, 5.41) is 0.470. The van der Waals surface area contributed by atoms with E-state index in [-0.39, 0.29) is 10.8 Å². The van der Waals surface area contributed by atoms with Crippen molar-refractivity contribution in [1.82, 2.24) is 8.96 Å². The molecule has 0 saturated carbocycles. The number of pyridine rings is 1. The zero-order chi connectivity index (χ0) is 17.3. The lowest BCUT2D eigenvalue weighted by Gasteiger charge is -2.06. The van der Waals surface area contributed by atoms with Crippen molar-refractivity contribution in [2.45, 2.75) is 11.9 Å². The molecule has 24 heavy (non-hydrogen) atoms. The van der Waals surface area contributed by atoms with Crippen LogP contribution in [0.3, 0.4) is 0 Å². The molecule has 3 aromatic rings. The minimum Gasteiger partial charge on any atom is -0.288 e. The number of hydrogen-bond donors (Lipinski definition) is 0. The third-order valence-corrected chi connectivity index (χ3v) is 5.28. The number of nitrogens with zero attached hydrogens (tertiary/aromatic N) is 2. The molecule has 0 aliphatic heterocycles. The molecule has 0 atom stereocenters. The zero-order valence-corrected chi connectivity index (χ0v) is 13.7. The molecule has 0 saturated heterocycles. The lowest BCUT2D eigenvalue weighted by atomic mass is 10.0. The Hall–Kier alpha value is -2.95. The third-order valence-electron chi connectivity index (χ3n) is 3.69. The maximum atomic E-state index is 12.9. The highest BCUT2D eigenvalue weighted by Crippen LogP contribution is 2.26. The molecule has 0 bridgehead atoms. The molecule has 0 spiro atoms. The van der Waals surface area contributed by atoms with Crippen LogP contribution in [0.15, 0.2) is 77.8 Å². The van der Waals surface area contributed by atoms with Crippen molar-refractivity contribution in [2.75, 3.05) is 0 Å². The van der Waals surface area contributed by atoms with Crippen LogP contribution in [0.1, 0.15) is 17.3 Å². The van der Waals surface area contributed by atoms with Crippen LogP contribution >= 0.6 is 0 Å². The van der Waals surface area contributed by atoms with Crippen LogP contribution in [0, 0.1) is 0 Å². The molecule has 120 valence electrons. The molecule has 3 rings (SSSR count). The van der Waals surface area contributed by atoms with Gasteiger partial charge < -0.3 is 0 Å². The van der Waals surface area contributed by atoms with Gasteiger partial charge in [-0.3, -0.25) is 4.79 Å². The van der Waals surface area contributed by atoms with Crippen molar-refractivity contribution in [3.05, 3.63) is 78.3 Å². The summed E-state index contributed by atoms with van der Waals surface area (Å²) in [5.74, 6) is -0.309. The molecular weight excluding hydrogens is 324 g/mol. The van der Waals surface area contributed by atoms with Gasteiger partial charge in [-0.25, -0.2) is 8.96 Å². The van der Waals surface area contributed by atoms with E-state index in [1.54, 1.807) is 43.3 Å². The molecular formula is C18H14N2O3S. The smallest absolute Gasteiger partial charge is 0.285 e. The van der Waals surface area contributed by atoms with Gasteiger partial charge >= 0.3 is 0 Å². The molecule has 1 aromatic carbocycles. The quantitative estimate of drug-likeness (QED) is 0.416. The second-order valence-electron chi connectivity index (χ2n) is 5.16. The van der Waals surface area contributed by atoms with Gasteiger partial charge in [0.15, 0.2) is 10.8 Å². The summed E-state index contributed by atoms with van der Waals surface area (Å²) in [6, 6.07) is 11.5. The number of benzene rings is 1. The van der Waals surface area contributed by atoms with Gasteiger partial charge in [-0.1, -0.05) is 30.8 Å². The minimum atomic E-state index is -3.90. The van der Waals surface area contributed by atoms with E-state index in [0.717, 1.165) is 3.97 Å². The maximum absolute atomic E-state index is 12.9. The number of fused-ring (bicyclic) bond motifs is 1. The molecule has 0 radical (unpaired) electrons. The van der Waals surface area contributed by atoms with Gasteiger partial charge in [0.05, 0.1) is 5.52 Å². The topological polar surface area (TPSA) is 69.0 Å². The van der Waals surface area contributed by atoms with E-state index >= 15 is 0 Å². The molecule has 5 nitrogen and oxygen atoms in total. The molecule has 0 aliphatic rings. The van der Waals surface area contributed by atoms with Crippen LogP contribution in [0.2, 0.25) is 0 Å². The molecule has 0 amide bonds. The number of aromatic nitrogens is 2. The fraction of sp³-hybridized carbons (Fsp3) is 0.0556. The van der Waals surface area contributed by atoms with Gasteiger partial charge in [-0.05, 0) is 25.1 Å². The first-order chi connectivity index (χ1) is 11.5. The fourth-order valence-corrected chi connectivity index (χ4v) is 3.72. The van der Waals surface area contributed by atoms with Crippen LogP contribution < -0.4 is 0 Å². The van der Waals surface area contributed by atoms with Gasteiger partial charge in [-0.15, -0.1) is 5.73 Å². The SMILES string of the molecule is C=C=C(C)C(=O)c1cn(S(=O)(=O)c2ccccn2)c2ccccc12. The van der Waals surface area contributed by atoms with Crippen molar-refractivity contribution in [3.8, 4) is 0 Å². The molecule has 0 fully saturated rings. The van der Waals surface area contributed by atoms with Crippen LogP contribution in [0.4, 0.5) is 0 Å². The summed E-state index contributed by atoms with van der Waals surface area (Å²) in [5.41, 5.74) is 3.59. The monoisotopic (exact) mass is 338 g/mol. The Bertz CT molecular complexity index is 1090. The van der Waals surface area contributed by atoms with Crippen molar-refractivity contribution < 1.29 is 13.2 Å². The Labute approximate surface area is 139 Å². The number of allylic oxidation sites excluding steroid dienone is 1. The van der Waals surface area contributed by atoms with Crippen molar-refractivity contribution >= 4 is 26.7 Å². The van der Waals surface area contributed by atoms with Crippen molar-refractivity contribution in [1.29, 1.82) is 0 Å². The predicted molar refractivity (Wildman–Crippen MR) is 91.4 cm³/mol. The first-order valence-electron chi connectivity index (χ1n) is 7.15. The number of ketones is 1. The second-order valence-corrected chi connectivity index (χ2v) is 6.92. The van der Waals surface area contributed by atoms with Crippen LogP contribution in [-0.4, -0.2) is 23.2 Å². The van der Waals surface area contributed by atoms with E-state index in [9.17, 15) is 13.2 Å². The largest absolute Gasteiger partial charge is 0.288 e. The van der Waals surface area contributed by atoms with Gasteiger partial charge in [0.2, 0.25) is 0 Å². The number of hydrogen-bond acceptors (Lipinski definition) is 4. The molecule has 0 aliphatic carbocycles. The van der Waals surface area contributed by atoms with Crippen LogP contribution in [0.5, 0.6) is 0 Å². The summed E-state index contributed by atoms with van der Waals surface area (Å²) in [6.45, 7) is 5.06. The summed E-state index contributed by atoms with van der Waals surface area (Å²) >= 11 is 0. The molecule has 0 N–H and O–H groups in total. The van der Waals surface area contributed by atoms with Crippen molar-refractivity contribution in [3.63, 3.8) is 0 Å². The summed E-state index contributed by atoms with van der Waals surface area (Å²) in [6.07, 6.45) is 2.74. The van der Waals surface area contributed by atoms with Gasteiger partial charge in [0.1, 0.15) is 0 Å². The molecule has 6 heteroatoms. The van der Waals surface area contributed by atoms with E-state index in [2.05, 4.69) is 17.3 Å². The Balaban J connectivity index is 2.32. The fourth-order valence-electron chi connectivity index (χ4n) is 2.41. The number of rotatable bonds is 4. The van der Waals surface area contributed by atoms with E-state index in [4.69, 9.17) is 0 Å². The van der Waals surface area contributed by atoms with Gasteiger partial charge in [0, 0.05) is 28.9 Å². The highest BCUT2D eigenvalue weighted by atomic mass is 32.2. The van der Waals surface area contributed by atoms with Crippen LogP contribution in [0.25, 0.3) is 10.9 Å². The summed E-state index contributed by atoms with van der Waals surface area (Å²) in [7, 11) is -3.90. The second kappa shape index (κ2) is 5.92. The standard InChI is InChI=1S/C18H14N2O3S/c1-3-13(2)18(21)15-12-20(16-9-5-4-8-14(15)16)24(22,23)17-10-6-7-11-19-17/h4-12H,1H2,2H3. The highest BCUT2D eigenvalue weighted by Gasteiger charge is 2.24. The molecule has 2 aromatic heterocycles. The van der Waals surface area contributed by atoms with E-state index in [1.807, 2.05) is 0 Å². The average Bonchev–Trinajstić information content (AvgIpc) is 3.01. The van der Waals surface area contributed by atoms with E-state index in [0.29, 0.717) is 22.0 Å². The first-order valence-corrected chi connectivity index (χ1v) is 8.59. The maximum Gasteiger partial charge on any atom is 0.285 e. The van der Waals surface area contributed by atoms with E-state index in [1.165, 1.54) is 18.5 Å². The Morgan fingerprint density at radius 1 is 1.17 bits per heavy atom. The van der Waals surface area contributed by atoms with E-state index < -0.39 is 10.0 Å².